The molecule has 0 saturated carbocycles. The number of rotatable bonds is 2. The van der Waals surface area contributed by atoms with Gasteiger partial charge in [0, 0.05) is 6.20 Å². The van der Waals surface area contributed by atoms with Crippen LogP contribution in [0.15, 0.2) is 18.3 Å². The van der Waals surface area contributed by atoms with Crippen molar-refractivity contribution in [2.24, 2.45) is 0 Å². The normalized spacial score (nSPS) is 12.8. The quantitative estimate of drug-likeness (QED) is 0.307. The summed E-state index contributed by atoms with van der Waals surface area (Å²) < 4.78 is 23.0. The van der Waals surface area contributed by atoms with Crippen molar-refractivity contribution < 1.29 is 33.0 Å². The van der Waals surface area contributed by atoms with Crippen LogP contribution in [-0.2, 0) is 9.29 Å². The Bertz CT molecular complexity index is 725. The lowest BCUT2D eigenvalue weighted by molar-refractivity contribution is -0.480. The fourth-order valence-electron chi connectivity index (χ4n) is 1.45. The van der Waals surface area contributed by atoms with Gasteiger partial charge in [0.25, 0.3) is 0 Å². The van der Waals surface area contributed by atoms with E-state index in [0.29, 0.717) is 17.2 Å². The Morgan fingerprint density at radius 1 is 1.52 bits per heavy atom. The fourth-order valence-corrected chi connectivity index (χ4v) is 1.45. The Labute approximate surface area is 130 Å². The van der Waals surface area contributed by atoms with Crippen LogP contribution in [0, 0.1) is 0 Å². The fraction of sp³-hybridized carbons (Fsp3) is 0.400. The van der Waals surface area contributed by atoms with Crippen molar-refractivity contribution in [1.29, 1.82) is 0 Å². The molecule has 0 fully saturated rings. The largest absolute Gasteiger partial charge is 0.754 e. The van der Waals surface area contributed by atoms with Gasteiger partial charge < -0.3 is 9.79 Å². The third kappa shape index (κ3) is 5.87. The molecule has 0 radical (unpaired) electrons. The van der Waals surface area contributed by atoms with Crippen molar-refractivity contribution in [2.75, 3.05) is 28.2 Å². The third-order valence-corrected chi connectivity index (χ3v) is 2.38. The molecule has 0 aliphatic heterocycles. The molecule has 0 aliphatic rings. The van der Waals surface area contributed by atoms with Crippen LogP contribution in [0.4, 0.5) is 4.53 Å². The zero-order valence-corrected chi connectivity index (χ0v) is 13.7. The van der Waals surface area contributed by atoms with Crippen molar-refractivity contribution in [3.63, 3.8) is 0 Å². The molecule has 2 heterocycles. The van der Waals surface area contributed by atoms with Gasteiger partial charge in [-0.25, -0.2) is 14.5 Å². The number of aromatic nitrogens is 4. The van der Waals surface area contributed by atoms with Crippen LogP contribution in [0.25, 0.3) is 11.2 Å². The lowest BCUT2D eigenvalue weighted by Gasteiger charge is -2.09. The summed E-state index contributed by atoms with van der Waals surface area (Å²) in [6.45, 7) is 0. The molecule has 13 heteroatoms. The van der Waals surface area contributed by atoms with Crippen molar-refractivity contribution >= 4 is 25.0 Å². The number of hydrogen-bond acceptors (Lipinski definition) is 7. The molecule has 1 unspecified atom stereocenters. The number of hydrogen-bond donors (Lipinski definition) is 1. The second-order valence-corrected chi connectivity index (χ2v) is 5.58. The molecule has 1 atom stereocenters. The Balaban J connectivity index is 0.000000379. The predicted octanol–water partition coefficient (Wildman–Crippen LogP) is -1.21. The van der Waals surface area contributed by atoms with E-state index in [-0.39, 0.29) is 0 Å². The van der Waals surface area contributed by atoms with Gasteiger partial charge in [-0.2, -0.15) is 0 Å². The molecular formula is C10H16FN6O5P. The Hall–Kier alpha value is -2.14. The monoisotopic (exact) mass is 350 g/mol. The number of phosphoric acid groups is 1. The average molecular weight is 350 g/mol. The van der Waals surface area contributed by atoms with E-state index in [1.54, 1.807) is 6.20 Å². The summed E-state index contributed by atoms with van der Waals surface area (Å²) in [6.07, 6.45) is 1.68. The van der Waals surface area contributed by atoms with Crippen LogP contribution in [0.3, 0.4) is 0 Å². The molecule has 2 aromatic rings. The van der Waals surface area contributed by atoms with E-state index in [4.69, 9.17) is 19.2 Å². The summed E-state index contributed by atoms with van der Waals surface area (Å²) in [5, 5.41) is 7.87. The van der Waals surface area contributed by atoms with Crippen LogP contribution in [0.2, 0.25) is 0 Å². The number of pyridine rings is 1. The summed E-state index contributed by atoms with van der Waals surface area (Å²) in [4.78, 5) is 29.2. The van der Waals surface area contributed by atoms with Gasteiger partial charge in [0.15, 0.2) is 0 Å². The Kier molecular flexibility index (Phi) is 6.51. The van der Waals surface area contributed by atoms with E-state index in [1.807, 2.05) is 54.5 Å². The standard InChI is InChI=1S/C10H15N6O.FH2O4P/c1-14(2)10(15(3)4)17-16-9-8(12-13-16)6-5-7-11-9;1-5-6(2,3)4/h5-7H,1-4H3;(H2,2,3,4)/q+1;/p-1. The van der Waals surface area contributed by atoms with Crippen LogP contribution in [0.1, 0.15) is 0 Å². The maximum absolute atomic E-state index is 10.2. The van der Waals surface area contributed by atoms with Crippen LogP contribution in [0.5, 0.6) is 0 Å². The molecule has 11 nitrogen and oxygen atoms in total. The van der Waals surface area contributed by atoms with E-state index in [1.165, 1.54) is 4.85 Å². The summed E-state index contributed by atoms with van der Waals surface area (Å²) in [5.41, 5.74) is 1.29. The molecule has 1 N–H and O–H groups in total. The van der Waals surface area contributed by atoms with Gasteiger partial charge in [-0.15, -0.1) is 9.83 Å². The lowest BCUT2D eigenvalue weighted by Crippen LogP contribution is -2.39. The molecule has 23 heavy (non-hydrogen) atoms. The SMILES string of the molecule is CN(C)C(On1nnc2cccnc21)=[N+](C)C.O=P([O-])(O)OF. The lowest BCUT2D eigenvalue weighted by atomic mass is 10.4. The highest BCUT2D eigenvalue weighted by molar-refractivity contribution is 7.44. The van der Waals surface area contributed by atoms with Crippen LogP contribution >= 0.6 is 7.82 Å². The molecule has 0 bridgehead atoms. The molecule has 0 aromatic carbocycles. The molecule has 0 spiro atoms. The van der Waals surface area contributed by atoms with Crippen molar-refractivity contribution in [1.82, 2.24) is 25.0 Å². The Morgan fingerprint density at radius 2 is 2.13 bits per heavy atom. The van der Waals surface area contributed by atoms with E-state index < -0.39 is 7.82 Å². The maximum atomic E-state index is 10.2. The van der Waals surface area contributed by atoms with Crippen molar-refractivity contribution in [3.05, 3.63) is 18.3 Å². The summed E-state index contributed by atoms with van der Waals surface area (Å²) in [6, 6.07) is 4.28. The van der Waals surface area contributed by atoms with Crippen LogP contribution < -0.4 is 9.73 Å². The molecule has 0 aliphatic carbocycles. The minimum absolute atomic E-state index is 0.591. The van der Waals surface area contributed by atoms with Crippen LogP contribution in [-0.4, -0.2) is 68.7 Å². The van der Waals surface area contributed by atoms with Gasteiger partial charge in [-0.05, 0) is 26.7 Å². The molecule has 2 rings (SSSR count). The highest BCUT2D eigenvalue weighted by Crippen LogP contribution is 2.29. The number of halogens is 1. The topological polar surface area (TPSA) is 129 Å². The summed E-state index contributed by atoms with van der Waals surface area (Å²) in [7, 11) is 2.50. The first kappa shape index (κ1) is 18.9. The van der Waals surface area contributed by atoms with Gasteiger partial charge >= 0.3 is 13.8 Å². The van der Waals surface area contributed by atoms with E-state index in [9.17, 15) is 4.53 Å². The van der Waals surface area contributed by atoms with E-state index >= 15 is 0 Å². The van der Waals surface area contributed by atoms with Gasteiger partial charge in [0.05, 0.1) is 28.2 Å². The maximum Gasteiger partial charge on any atom is 0.472 e. The minimum atomic E-state index is -5.06. The van der Waals surface area contributed by atoms with Gasteiger partial charge in [0.1, 0.15) is 5.52 Å². The zero-order chi connectivity index (χ0) is 17.6. The first-order valence-corrected chi connectivity index (χ1v) is 7.55. The van der Waals surface area contributed by atoms with Gasteiger partial charge in [0.2, 0.25) is 5.65 Å². The second-order valence-electron chi connectivity index (χ2n) is 4.51. The Morgan fingerprint density at radius 3 is 2.61 bits per heavy atom. The highest BCUT2D eigenvalue weighted by atomic mass is 31.2. The summed E-state index contributed by atoms with van der Waals surface area (Å²) in [5.74, 6) is 0. The van der Waals surface area contributed by atoms with Crippen molar-refractivity contribution in [3.8, 4) is 0 Å². The first-order chi connectivity index (χ1) is 10.7. The van der Waals surface area contributed by atoms with E-state index in [0.717, 1.165) is 0 Å². The second kappa shape index (κ2) is 7.92. The van der Waals surface area contributed by atoms with Gasteiger partial charge in [-0.1, -0.05) is 0 Å². The zero-order valence-electron chi connectivity index (χ0n) is 12.8. The van der Waals surface area contributed by atoms with Crippen molar-refractivity contribution in [2.45, 2.75) is 0 Å². The highest BCUT2D eigenvalue weighted by Gasteiger charge is 2.17. The number of nitrogens with zero attached hydrogens (tertiary/aromatic N) is 6. The predicted molar refractivity (Wildman–Crippen MR) is 74.7 cm³/mol. The first-order valence-electron chi connectivity index (χ1n) is 6.06. The minimum Gasteiger partial charge on any atom is -0.754 e. The number of amidine groups is 1. The average Bonchev–Trinajstić information content (AvgIpc) is 2.87. The van der Waals surface area contributed by atoms with E-state index in [2.05, 4.69) is 15.3 Å². The smallest absolute Gasteiger partial charge is 0.472 e. The number of fused-ring (bicyclic) bond motifs is 1. The molecule has 2 aromatic heterocycles. The third-order valence-electron chi connectivity index (χ3n) is 2.20. The molecule has 0 saturated heterocycles. The molecular weight excluding hydrogens is 334 g/mol. The summed E-state index contributed by atoms with van der Waals surface area (Å²) >= 11 is 0. The molecule has 128 valence electrons. The molecule has 0 amide bonds. The van der Waals surface area contributed by atoms with Gasteiger partial charge in [-0.3, -0.25) is 9.40 Å².